The fraction of sp³-hybridized carbons (Fsp3) is 0.267. The van der Waals surface area contributed by atoms with Crippen molar-refractivity contribution < 1.29 is 35.3 Å². The van der Waals surface area contributed by atoms with Crippen molar-refractivity contribution in [3.63, 3.8) is 0 Å². The summed E-state index contributed by atoms with van der Waals surface area (Å²) in [5, 5.41) is 7.85. The van der Waals surface area contributed by atoms with Crippen molar-refractivity contribution >= 4 is 21.6 Å². The molecule has 0 saturated heterocycles. The molecule has 0 saturated carbocycles. The summed E-state index contributed by atoms with van der Waals surface area (Å²) in [5.74, 6) is -1.61. The highest BCUT2D eigenvalue weighted by Crippen LogP contribution is 2.34. The number of pyridine rings is 1. The Bertz CT molecular complexity index is 1150. The highest BCUT2D eigenvalue weighted by molar-refractivity contribution is 7.88. The second kappa shape index (κ2) is 6.82. The Morgan fingerprint density at radius 1 is 1.18 bits per heavy atom. The first-order chi connectivity index (χ1) is 13.0. The average molecular weight is 418 g/mol. The first kappa shape index (κ1) is 19.7. The van der Waals surface area contributed by atoms with Crippen molar-refractivity contribution in [2.45, 2.75) is 12.4 Å². The SMILES string of the molecule is CCOC(=O)c1cnn2cc(-c3cnn(C)c3)cc(OS(=O)(=O)C(F)(F)F)c12. The third-order valence-electron chi connectivity index (χ3n) is 3.59. The van der Waals surface area contributed by atoms with E-state index >= 15 is 0 Å². The Morgan fingerprint density at radius 3 is 2.46 bits per heavy atom. The number of rotatable bonds is 5. The van der Waals surface area contributed by atoms with E-state index in [4.69, 9.17) is 4.74 Å². The van der Waals surface area contributed by atoms with Crippen molar-refractivity contribution in [2.75, 3.05) is 6.61 Å². The second-order valence-electron chi connectivity index (χ2n) is 5.55. The Balaban J connectivity index is 2.23. The van der Waals surface area contributed by atoms with Gasteiger partial charge in [-0.25, -0.2) is 9.31 Å². The van der Waals surface area contributed by atoms with Gasteiger partial charge >= 0.3 is 21.6 Å². The minimum absolute atomic E-state index is 0.000974. The lowest BCUT2D eigenvalue weighted by atomic mass is 10.1. The summed E-state index contributed by atoms with van der Waals surface area (Å²) in [4.78, 5) is 12.1. The van der Waals surface area contributed by atoms with Gasteiger partial charge in [-0.2, -0.15) is 31.8 Å². The van der Waals surface area contributed by atoms with Crippen LogP contribution >= 0.6 is 0 Å². The zero-order valence-electron chi connectivity index (χ0n) is 14.5. The molecular weight excluding hydrogens is 405 g/mol. The van der Waals surface area contributed by atoms with Crippen LogP contribution in [0.3, 0.4) is 0 Å². The van der Waals surface area contributed by atoms with Crippen LogP contribution in [0.25, 0.3) is 16.6 Å². The van der Waals surface area contributed by atoms with E-state index in [9.17, 15) is 26.4 Å². The quantitative estimate of drug-likeness (QED) is 0.355. The number of alkyl halides is 3. The molecule has 0 amide bonds. The van der Waals surface area contributed by atoms with Crippen LogP contribution in [0.15, 0.2) is 30.9 Å². The molecule has 0 bridgehead atoms. The number of carbonyl (C=O) groups excluding carboxylic acids is 1. The number of hydrogen-bond acceptors (Lipinski definition) is 7. The summed E-state index contributed by atoms with van der Waals surface area (Å²) < 4.78 is 73.1. The Hall–Kier alpha value is -3.09. The maximum absolute atomic E-state index is 12.8. The maximum Gasteiger partial charge on any atom is 0.534 e. The Kier molecular flexibility index (Phi) is 4.79. The van der Waals surface area contributed by atoms with E-state index in [1.54, 1.807) is 13.2 Å². The fourth-order valence-electron chi connectivity index (χ4n) is 2.40. The molecule has 0 atom stereocenters. The van der Waals surface area contributed by atoms with Gasteiger partial charge < -0.3 is 8.92 Å². The van der Waals surface area contributed by atoms with Gasteiger partial charge in [0.25, 0.3) is 0 Å². The summed E-state index contributed by atoms with van der Waals surface area (Å²) in [6.07, 6.45) is 5.41. The van der Waals surface area contributed by atoms with Crippen LogP contribution in [0.2, 0.25) is 0 Å². The van der Waals surface area contributed by atoms with Crippen LogP contribution in [0.5, 0.6) is 5.75 Å². The lowest BCUT2D eigenvalue weighted by Gasteiger charge is -2.12. The van der Waals surface area contributed by atoms with Crippen LogP contribution in [0, 0.1) is 0 Å². The van der Waals surface area contributed by atoms with Crippen LogP contribution in [-0.4, -0.2) is 45.9 Å². The van der Waals surface area contributed by atoms with Gasteiger partial charge in [0.1, 0.15) is 11.1 Å². The number of aryl methyl sites for hydroxylation is 1. The van der Waals surface area contributed by atoms with Crippen molar-refractivity contribution in [1.29, 1.82) is 0 Å². The first-order valence-electron chi connectivity index (χ1n) is 7.71. The maximum atomic E-state index is 12.8. The predicted molar refractivity (Wildman–Crippen MR) is 89.0 cm³/mol. The minimum atomic E-state index is -5.98. The Morgan fingerprint density at radius 2 is 1.89 bits per heavy atom. The van der Waals surface area contributed by atoms with Crippen molar-refractivity contribution in [3.05, 3.63) is 36.4 Å². The van der Waals surface area contributed by atoms with Crippen molar-refractivity contribution in [2.24, 2.45) is 7.05 Å². The number of esters is 1. The normalized spacial score (nSPS) is 12.3. The highest BCUT2D eigenvalue weighted by atomic mass is 32.2. The smallest absolute Gasteiger partial charge is 0.462 e. The molecule has 28 heavy (non-hydrogen) atoms. The van der Waals surface area contributed by atoms with E-state index in [1.165, 1.54) is 24.0 Å². The van der Waals surface area contributed by atoms with Gasteiger partial charge in [0, 0.05) is 30.6 Å². The van der Waals surface area contributed by atoms with Crippen LogP contribution in [-0.2, 0) is 21.9 Å². The molecule has 0 aliphatic carbocycles. The molecule has 0 spiro atoms. The van der Waals surface area contributed by atoms with Crippen LogP contribution in [0.4, 0.5) is 13.2 Å². The molecule has 0 aliphatic rings. The summed E-state index contributed by atoms with van der Waals surface area (Å²) in [5.41, 5.74) is -5.44. The van der Waals surface area contributed by atoms with E-state index in [1.807, 2.05) is 0 Å². The molecule has 9 nitrogen and oxygen atoms in total. The van der Waals surface area contributed by atoms with Gasteiger partial charge in [-0.15, -0.1) is 0 Å². The number of nitrogens with zero attached hydrogens (tertiary/aromatic N) is 4. The van der Waals surface area contributed by atoms with Gasteiger partial charge in [0.05, 0.1) is 19.0 Å². The Labute approximate surface area is 156 Å². The molecule has 3 heterocycles. The topological polar surface area (TPSA) is 105 Å². The highest BCUT2D eigenvalue weighted by Gasteiger charge is 2.49. The summed E-state index contributed by atoms with van der Waals surface area (Å²) in [6, 6.07) is 1.06. The summed E-state index contributed by atoms with van der Waals surface area (Å²) in [6.45, 7) is 1.54. The van der Waals surface area contributed by atoms with Crippen LogP contribution < -0.4 is 4.18 Å². The summed E-state index contributed by atoms with van der Waals surface area (Å²) in [7, 11) is -4.36. The average Bonchev–Trinajstić information content (AvgIpc) is 3.20. The molecule has 0 aromatic carbocycles. The zero-order chi connectivity index (χ0) is 20.7. The standard InChI is InChI=1S/C15H13F3N4O5S/c1-3-26-14(23)11-6-20-22-8-9(10-5-19-21(2)7-10)4-12(13(11)22)27-28(24,25)15(16,17)18/h4-8H,3H2,1-2H3. The fourth-order valence-corrected chi connectivity index (χ4v) is 2.86. The number of hydrogen-bond donors (Lipinski definition) is 0. The summed E-state index contributed by atoms with van der Waals surface area (Å²) >= 11 is 0. The monoisotopic (exact) mass is 418 g/mol. The molecule has 3 rings (SSSR count). The van der Waals surface area contributed by atoms with Gasteiger partial charge in [0.15, 0.2) is 5.75 Å². The molecule has 150 valence electrons. The van der Waals surface area contributed by atoms with Crippen LogP contribution in [0.1, 0.15) is 17.3 Å². The minimum Gasteiger partial charge on any atom is -0.462 e. The van der Waals surface area contributed by atoms with E-state index in [0.717, 1.165) is 16.8 Å². The van der Waals surface area contributed by atoms with E-state index in [0.29, 0.717) is 5.56 Å². The van der Waals surface area contributed by atoms with Gasteiger partial charge in [-0.05, 0) is 13.0 Å². The molecule has 0 unspecified atom stereocenters. The number of fused-ring (bicyclic) bond motifs is 1. The predicted octanol–water partition coefficient (Wildman–Crippen LogP) is 2.14. The molecule has 13 heteroatoms. The molecule has 0 aliphatic heterocycles. The third kappa shape index (κ3) is 3.52. The molecule has 0 N–H and O–H groups in total. The number of halogens is 3. The second-order valence-corrected chi connectivity index (χ2v) is 7.09. The van der Waals surface area contributed by atoms with E-state index in [2.05, 4.69) is 14.4 Å². The number of aromatic nitrogens is 4. The third-order valence-corrected chi connectivity index (χ3v) is 4.56. The lowest BCUT2D eigenvalue weighted by Crippen LogP contribution is -2.28. The molecular formula is C15H13F3N4O5S. The van der Waals surface area contributed by atoms with Gasteiger partial charge in [-0.3, -0.25) is 4.68 Å². The first-order valence-corrected chi connectivity index (χ1v) is 9.12. The lowest BCUT2D eigenvalue weighted by molar-refractivity contribution is -0.0499. The zero-order valence-corrected chi connectivity index (χ0v) is 15.3. The van der Waals surface area contributed by atoms with Crippen molar-refractivity contribution in [1.82, 2.24) is 19.4 Å². The molecule has 0 radical (unpaired) electrons. The van der Waals surface area contributed by atoms with E-state index in [-0.39, 0.29) is 23.3 Å². The van der Waals surface area contributed by atoms with Gasteiger partial charge in [0.2, 0.25) is 0 Å². The number of ether oxygens (including phenoxy) is 1. The molecule has 3 aromatic rings. The number of carbonyl (C=O) groups is 1. The van der Waals surface area contributed by atoms with Crippen molar-refractivity contribution in [3.8, 4) is 16.9 Å². The molecule has 0 fully saturated rings. The molecule has 3 aromatic heterocycles. The largest absolute Gasteiger partial charge is 0.534 e. The van der Waals surface area contributed by atoms with E-state index < -0.39 is 27.3 Å². The van der Waals surface area contributed by atoms with Gasteiger partial charge in [-0.1, -0.05) is 0 Å².